The van der Waals surface area contributed by atoms with Crippen molar-refractivity contribution in [2.75, 3.05) is 53.6 Å². The first-order chi connectivity index (χ1) is 8.36. The van der Waals surface area contributed by atoms with Crippen LogP contribution in [0.3, 0.4) is 0 Å². The maximum Gasteiger partial charge on any atom is 0.0589 e. The van der Waals surface area contributed by atoms with Gasteiger partial charge in [-0.1, -0.05) is 6.42 Å². The van der Waals surface area contributed by atoms with Crippen LogP contribution in [0.25, 0.3) is 0 Å². The van der Waals surface area contributed by atoms with Crippen molar-refractivity contribution in [1.29, 1.82) is 0 Å². The molecule has 0 amide bonds. The van der Waals surface area contributed by atoms with E-state index in [4.69, 9.17) is 9.47 Å². The first-order valence-corrected chi connectivity index (χ1v) is 6.80. The number of rotatable bonds is 9. The Morgan fingerprint density at radius 2 is 1.94 bits per heavy atom. The Morgan fingerprint density at radius 3 is 2.59 bits per heavy atom. The second kappa shape index (κ2) is 9.83. The normalized spacial score (nSPS) is 21.0. The van der Waals surface area contributed by atoms with E-state index in [-0.39, 0.29) is 0 Å². The van der Waals surface area contributed by atoms with Crippen molar-refractivity contribution in [3.05, 3.63) is 0 Å². The van der Waals surface area contributed by atoms with Crippen molar-refractivity contribution in [2.45, 2.75) is 31.7 Å². The highest BCUT2D eigenvalue weighted by Crippen LogP contribution is 2.08. The zero-order valence-corrected chi connectivity index (χ0v) is 11.4. The third-order valence-electron chi connectivity index (χ3n) is 3.33. The van der Waals surface area contributed by atoms with Crippen LogP contribution < -0.4 is 5.32 Å². The minimum atomic E-state index is 0.670. The van der Waals surface area contributed by atoms with Gasteiger partial charge in [0.05, 0.1) is 6.61 Å². The van der Waals surface area contributed by atoms with Crippen LogP contribution in [0.2, 0.25) is 0 Å². The molecule has 0 saturated carbocycles. The van der Waals surface area contributed by atoms with E-state index in [1.807, 2.05) is 0 Å². The summed E-state index contributed by atoms with van der Waals surface area (Å²) in [6, 6.07) is 0.670. The molecule has 1 fully saturated rings. The van der Waals surface area contributed by atoms with Crippen molar-refractivity contribution >= 4 is 0 Å². The van der Waals surface area contributed by atoms with Crippen LogP contribution in [0.15, 0.2) is 0 Å². The average molecular weight is 244 g/mol. The van der Waals surface area contributed by atoms with Crippen molar-refractivity contribution in [3.8, 4) is 0 Å². The molecule has 0 aromatic rings. The highest BCUT2D eigenvalue weighted by molar-refractivity contribution is 4.76. The van der Waals surface area contributed by atoms with Crippen molar-refractivity contribution < 1.29 is 9.47 Å². The second-order valence-corrected chi connectivity index (χ2v) is 4.79. The lowest BCUT2D eigenvalue weighted by molar-refractivity contribution is 0.123. The maximum atomic E-state index is 5.17. The molecule has 102 valence electrons. The molecule has 1 saturated heterocycles. The van der Waals surface area contributed by atoms with Crippen LogP contribution in [0, 0.1) is 0 Å². The lowest BCUT2D eigenvalue weighted by Crippen LogP contribution is -2.45. The van der Waals surface area contributed by atoms with Gasteiger partial charge in [-0.15, -0.1) is 0 Å². The third kappa shape index (κ3) is 6.99. The van der Waals surface area contributed by atoms with E-state index >= 15 is 0 Å². The van der Waals surface area contributed by atoms with E-state index < -0.39 is 0 Å². The van der Waals surface area contributed by atoms with E-state index in [2.05, 4.69) is 10.2 Å². The van der Waals surface area contributed by atoms with Gasteiger partial charge in [0.2, 0.25) is 0 Å². The molecule has 4 heteroatoms. The molecule has 1 atom stereocenters. The number of hydrogen-bond acceptors (Lipinski definition) is 4. The zero-order chi connectivity index (χ0) is 12.3. The Hall–Kier alpha value is -0.160. The van der Waals surface area contributed by atoms with Crippen LogP contribution in [-0.4, -0.2) is 64.6 Å². The Labute approximate surface area is 106 Å². The molecule has 0 radical (unpaired) electrons. The molecule has 1 rings (SSSR count). The fraction of sp³-hybridized carbons (Fsp3) is 1.00. The minimum Gasteiger partial charge on any atom is -0.385 e. The Morgan fingerprint density at radius 1 is 1.12 bits per heavy atom. The molecular weight excluding hydrogens is 216 g/mol. The predicted octanol–water partition coefficient (Wildman–Crippen LogP) is 1.11. The third-order valence-corrected chi connectivity index (χ3v) is 3.33. The summed E-state index contributed by atoms with van der Waals surface area (Å²) in [5.41, 5.74) is 0. The Kier molecular flexibility index (Phi) is 8.61. The van der Waals surface area contributed by atoms with Crippen LogP contribution in [0.5, 0.6) is 0 Å². The molecule has 1 N–H and O–H groups in total. The van der Waals surface area contributed by atoms with E-state index in [0.717, 1.165) is 39.3 Å². The summed E-state index contributed by atoms with van der Waals surface area (Å²) in [7, 11) is 3.54. The molecule has 0 aromatic heterocycles. The smallest absolute Gasteiger partial charge is 0.0589 e. The van der Waals surface area contributed by atoms with Crippen LogP contribution >= 0.6 is 0 Å². The fourth-order valence-electron chi connectivity index (χ4n) is 2.34. The monoisotopic (exact) mass is 244 g/mol. The average Bonchev–Trinajstić information content (AvgIpc) is 2.37. The summed E-state index contributed by atoms with van der Waals surface area (Å²) in [5.74, 6) is 0. The Balaban J connectivity index is 2.22. The highest BCUT2D eigenvalue weighted by Gasteiger charge is 2.16. The standard InChI is InChI=1S/C13H28N2O2/c1-16-10-5-8-15(9-11-17-2)12-13-6-3-4-7-14-13/h13-14H,3-12H2,1-2H3. The summed E-state index contributed by atoms with van der Waals surface area (Å²) in [6.45, 7) is 6.13. The van der Waals surface area contributed by atoms with Gasteiger partial charge in [0.1, 0.15) is 0 Å². The fourth-order valence-corrected chi connectivity index (χ4v) is 2.34. The van der Waals surface area contributed by atoms with Crippen molar-refractivity contribution in [2.24, 2.45) is 0 Å². The molecule has 1 heterocycles. The molecule has 1 aliphatic rings. The van der Waals surface area contributed by atoms with Crippen LogP contribution in [-0.2, 0) is 9.47 Å². The number of piperidine rings is 1. The van der Waals surface area contributed by atoms with E-state index in [9.17, 15) is 0 Å². The van der Waals surface area contributed by atoms with Gasteiger partial charge in [-0.25, -0.2) is 0 Å². The number of methoxy groups -OCH3 is 2. The molecule has 0 spiro atoms. The molecule has 17 heavy (non-hydrogen) atoms. The Bertz CT molecular complexity index is 173. The second-order valence-electron chi connectivity index (χ2n) is 4.79. The maximum absolute atomic E-state index is 5.17. The molecule has 0 bridgehead atoms. The van der Waals surface area contributed by atoms with Gasteiger partial charge in [-0.05, 0) is 25.8 Å². The predicted molar refractivity (Wildman–Crippen MR) is 70.5 cm³/mol. The van der Waals surface area contributed by atoms with Crippen molar-refractivity contribution in [1.82, 2.24) is 10.2 Å². The van der Waals surface area contributed by atoms with Gasteiger partial charge in [0.15, 0.2) is 0 Å². The topological polar surface area (TPSA) is 33.7 Å². The van der Waals surface area contributed by atoms with Gasteiger partial charge in [0.25, 0.3) is 0 Å². The van der Waals surface area contributed by atoms with Crippen LogP contribution in [0.1, 0.15) is 25.7 Å². The van der Waals surface area contributed by atoms with E-state index in [0.29, 0.717) is 6.04 Å². The lowest BCUT2D eigenvalue weighted by Gasteiger charge is -2.30. The largest absolute Gasteiger partial charge is 0.385 e. The van der Waals surface area contributed by atoms with Crippen LogP contribution in [0.4, 0.5) is 0 Å². The summed E-state index contributed by atoms with van der Waals surface area (Å²) in [4.78, 5) is 2.49. The molecule has 0 aromatic carbocycles. The van der Waals surface area contributed by atoms with Gasteiger partial charge < -0.3 is 14.8 Å². The summed E-state index contributed by atoms with van der Waals surface area (Å²) >= 11 is 0. The highest BCUT2D eigenvalue weighted by atomic mass is 16.5. The minimum absolute atomic E-state index is 0.670. The summed E-state index contributed by atoms with van der Waals surface area (Å²) in [5, 5.41) is 3.60. The van der Waals surface area contributed by atoms with Gasteiger partial charge in [-0.2, -0.15) is 0 Å². The zero-order valence-electron chi connectivity index (χ0n) is 11.4. The number of nitrogens with one attached hydrogen (secondary N) is 1. The molecule has 1 aliphatic heterocycles. The van der Waals surface area contributed by atoms with Crippen molar-refractivity contribution in [3.63, 3.8) is 0 Å². The number of hydrogen-bond donors (Lipinski definition) is 1. The lowest BCUT2D eigenvalue weighted by atomic mass is 10.0. The first-order valence-electron chi connectivity index (χ1n) is 6.80. The number of ether oxygens (including phenoxy) is 2. The molecule has 0 aliphatic carbocycles. The summed E-state index contributed by atoms with van der Waals surface area (Å²) < 4.78 is 10.3. The van der Waals surface area contributed by atoms with Gasteiger partial charge >= 0.3 is 0 Å². The van der Waals surface area contributed by atoms with E-state index in [1.54, 1.807) is 14.2 Å². The SMILES string of the molecule is COCCCN(CCOC)CC1CCCCN1. The molecule has 4 nitrogen and oxygen atoms in total. The molecular formula is C13H28N2O2. The van der Waals surface area contributed by atoms with E-state index in [1.165, 1.54) is 25.8 Å². The first kappa shape index (κ1) is 14.9. The summed E-state index contributed by atoms with van der Waals surface area (Å²) in [6.07, 6.45) is 5.12. The number of nitrogens with zero attached hydrogens (tertiary/aromatic N) is 1. The molecule has 1 unspecified atom stereocenters. The quantitative estimate of drug-likeness (QED) is 0.616. The van der Waals surface area contributed by atoms with Gasteiger partial charge in [-0.3, -0.25) is 4.90 Å². The van der Waals surface area contributed by atoms with Gasteiger partial charge in [0, 0.05) is 46.5 Å².